The van der Waals surface area contributed by atoms with Gasteiger partial charge in [0.25, 0.3) is 0 Å². The van der Waals surface area contributed by atoms with Gasteiger partial charge in [0, 0.05) is 17.5 Å². The largest absolute Gasteiger partial charge is 0.489 e. The monoisotopic (exact) mass is 460 g/mol. The molecule has 4 rings (SSSR count). The molecule has 0 radical (unpaired) electrons. The molecule has 0 aromatic heterocycles. The lowest BCUT2D eigenvalue weighted by atomic mass is 9.86. The van der Waals surface area contributed by atoms with E-state index in [9.17, 15) is 9.90 Å². The highest BCUT2D eigenvalue weighted by Gasteiger charge is 2.29. The number of hydrogen-bond acceptors (Lipinski definition) is 3. The fourth-order valence-corrected chi connectivity index (χ4v) is 3.92. The normalized spacial score (nSPS) is 10.8. The number of Topliss-reactive ketones (excluding diaryl/α,β-unsaturated/α-hetero) is 1. The second-order valence-electron chi connectivity index (χ2n) is 8.35. The molecule has 0 bridgehead atoms. The van der Waals surface area contributed by atoms with Crippen LogP contribution in [0.1, 0.15) is 35.1 Å². The lowest BCUT2D eigenvalue weighted by Crippen LogP contribution is -2.25. The standard InChI is InChI=1S/C32H28O3/c33-30(23-24-32(34,28-17-6-2-7-18-28)29-19-8-3-9-20-29)21-12-16-27-15-10-11-22-31(27)35-25-26-13-4-1-5-14-26/h1-11,13-15,17-20,22,34H,12,16,21,25H2. The van der Waals surface area contributed by atoms with Crippen molar-refractivity contribution in [1.29, 1.82) is 0 Å². The highest BCUT2D eigenvalue weighted by molar-refractivity contribution is 5.95. The molecular formula is C32H28O3. The van der Waals surface area contributed by atoms with Gasteiger partial charge in [-0.25, -0.2) is 0 Å². The Hall–Kier alpha value is -4.13. The van der Waals surface area contributed by atoms with Gasteiger partial charge in [0.1, 0.15) is 12.4 Å². The Kier molecular flexibility index (Phi) is 8.12. The Labute approximate surface area is 207 Å². The van der Waals surface area contributed by atoms with E-state index in [1.807, 2.05) is 115 Å². The number of para-hydroxylation sites is 1. The first-order chi connectivity index (χ1) is 17.1. The molecule has 0 heterocycles. The fourth-order valence-electron chi connectivity index (χ4n) is 3.92. The van der Waals surface area contributed by atoms with E-state index in [1.165, 1.54) is 0 Å². The third kappa shape index (κ3) is 6.47. The molecule has 1 N–H and O–H groups in total. The van der Waals surface area contributed by atoms with Crippen LogP contribution in [-0.2, 0) is 23.4 Å². The van der Waals surface area contributed by atoms with Crippen LogP contribution in [0.3, 0.4) is 0 Å². The highest BCUT2D eigenvalue weighted by atomic mass is 16.5. The number of carbonyl (C=O) groups excluding carboxylic acids is 1. The molecule has 174 valence electrons. The molecule has 0 spiro atoms. The molecule has 0 atom stereocenters. The minimum atomic E-state index is -1.55. The van der Waals surface area contributed by atoms with E-state index in [0.29, 0.717) is 37.0 Å². The van der Waals surface area contributed by atoms with Crippen molar-refractivity contribution in [3.05, 3.63) is 138 Å². The van der Waals surface area contributed by atoms with Gasteiger partial charge < -0.3 is 9.84 Å². The van der Waals surface area contributed by atoms with Crippen molar-refractivity contribution >= 4 is 5.78 Å². The van der Waals surface area contributed by atoms with Crippen LogP contribution in [0.5, 0.6) is 5.75 Å². The summed E-state index contributed by atoms with van der Waals surface area (Å²) in [6.45, 7) is 0.500. The molecule has 35 heavy (non-hydrogen) atoms. The van der Waals surface area contributed by atoms with Crippen molar-refractivity contribution in [2.24, 2.45) is 0 Å². The summed E-state index contributed by atoms with van der Waals surface area (Å²) in [6.07, 6.45) is 1.66. The van der Waals surface area contributed by atoms with Gasteiger partial charge in [0.05, 0.1) is 0 Å². The molecule has 0 fully saturated rings. The Morgan fingerprint density at radius 1 is 0.743 bits per heavy atom. The van der Waals surface area contributed by atoms with Gasteiger partial charge in [0.15, 0.2) is 5.60 Å². The van der Waals surface area contributed by atoms with Crippen LogP contribution in [-0.4, -0.2) is 10.9 Å². The van der Waals surface area contributed by atoms with E-state index >= 15 is 0 Å². The van der Waals surface area contributed by atoms with Gasteiger partial charge in [-0.05, 0) is 41.9 Å². The third-order valence-electron chi connectivity index (χ3n) is 5.83. The first kappa shape index (κ1) is 24.0. The second-order valence-corrected chi connectivity index (χ2v) is 8.35. The molecule has 0 aliphatic heterocycles. The number of ketones is 1. The molecule has 4 aromatic rings. The summed E-state index contributed by atoms with van der Waals surface area (Å²) in [4.78, 5) is 12.6. The van der Waals surface area contributed by atoms with Gasteiger partial charge >= 0.3 is 0 Å². The summed E-state index contributed by atoms with van der Waals surface area (Å²) in [7, 11) is 0. The lowest BCUT2D eigenvalue weighted by molar-refractivity contribution is -0.113. The van der Waals surface area contributed by atoms with Gasteiger partial charge in [-0.3, -0.25) is 4.79 Å². The van der Waals surface area contributed by atoms with Crippen molar-refractivity contribution in [2.75, 3.05) is 0 Å². The predicted octanol–water partition coefficient (Wildman–Crippen LogP) is 6.10. The zero-order valence-electron chi connectivity index (χ0n) is 19.6. The summed E-state index contributed by atoms with van der Waals surface area (Å²) < 4.78 is 6.02. The molecule has 3 nitrogen and oxygen atoms in total. The molecule has 0 aliphatic rings. The summed E-state index contributed by atoms with van der Waals surface area (Å²) >= 11 is 0. The Morgan fingerprint density at radius 2 is 1.29 bits per heavy atom. The number of carbonyl (C=O) groups is 1. The quantitative estimate of drug-likeness (QED) is 0.243. The third-order valence-corrected chi connectivity index (χ3v) is 5.83. The number of hydrogen-bond donors (Lipinski definition) is 1. The summed E-state index contributed by atoms with van der Waals surface area (Å²) in [5.41, 5.74) is 1.90. The SMILES string of the molecule is O=C(C#CC(O)(c1ccccc1)c1ccccc1)CCCc1ccccc1OCc1ccccc1. The smallest absolute Gasteiger partial charge is 0.205 e. The number of rotatable bonds is 9. The molecule has 0 saturated carbocycles. The van der Waals surface area contributed by atoms with Gasteiger partial charge in [-0.1, -0.05) is 109 Å². The average molecular weight is 461 g/mol. The summed E-state index contributed by atoms with van der Waals surface area (Å²) in [5.74, 6) is 6.19. The van der Waals surface area contributed by atoms with E-state index in [4.69, 9.17) is 4.74 Å². The highest BCUT2D eigenvalue weighted by Crippen LogP contribution is 2.29. The van der Waals surface area contributed by atoms with Crippen LogP contribution in [0.2, 0.25) is 0 Å². The fraction of sp³-hybridized carbons (Fsp3) is 0.156. The lowest BCUT2D eigenvalue weighted by Gasteiger charge is -2.23. The Bertz CT molecular complexity index is 1250. The predicted molar refractivity (Wildman–Crippen MR) is 139 cm³/mol. The van der Waals surface area contributed by atoms with Crippen LogP contribution in [0.15, 0.2) is 115 Å². The van der Waals surface area contributed by atoms with E-state index in [1.54, 1.807) is 0 Å². The number of ether oxygens (including phenoxy) is 1. The van der Waals surface area contributed by atoms with Crippen LogP contribution in [0, 0.1) is 11.8 Å². The van der Waals surface area contributed by atoms with E-state index in [-0.39, 0.29) is 5.78 Å². The molecule has 0 aliphatic carbocycles. The van der Waals surface area contributed by atoms with Crippen LogP contribution >= 0.6 is 0 Å². The zero-order valence-corrected chi connectivity index (χ0v) is 19.6. The second kappa shape index (κ2) is 11.8. The van der Waals surface area contributed by atoms with Gasteiger partial charge in [-0.2, -0.15) is 0 Å². The van der Waals surface area contributed by atoms with Gasteiger partial charge in [0.2, 0.25) is 5.78 Å². The number of benzene rings is 4. The molecule has 3 heteroatoms. The van der Waals surface area contributed by atoms with Gasteiger partial charge in [-0.15, -0.1) is 0 Å². The first-order valence-corrected chi connectivity index (χ1v) is 11.8. The van der Waals surface area contributed by atoms with Crippen LogP contribution in [0.25, 0.3) is 0 Å². The number of aryl methyl sites for hydroxylation is 1. The zero-order chi connectivity index (χ0) is 24.3. The molecule has 0 amide bonds. The van der Waals surface area contributed by atoms with Crippen LogP contribution in [0.4, 0.5) is 0 Å². The Morgan fingerprint density at radius 3 is 1.91 bits per heavy atom. The number of aliphatic hydroxyl groups is 1. The van der Waals surface area contributed by atoms with E-state index < -0.39 is 5.60 Å². The maximum Gasteiger partial charge on any atom is 0.205 e. The summed E-state index contributed by atoms with van der Waals surface area (Å²) in [5, 5.41) is 11.5. The molecule has 4 aromatic carbocycles. The van der Waals surface area contributed by atoms with Crippen molar-refractivity contribution in [1.82, 2.24) is 0 Å². The van der Waals surface area contributed by atoms with Crippen LogP contribution < -0.4 is 4.74 Å². The average Bonchev–Trinajstić information content (AvgIpc) is 2.93. The van der Waals surface area contributed by atoms with E-state index in [0.717, 1.165) is 16.9 Å². The molecule has 0 saturated heterocycles. The topological polar surface area (TPSA) is 46.5 Å². The summed E-state index contributed by atoms with van der Waals surface area (Å²) in [6, 6.07) is 36.4. The van der Waals surface area contributed by atoms with Crippen molar-refractivity contribution in [3.8, 4) is 17.6 Å². The molecule has 0 unspecified atom stereocenters. The van der Waals surface area contributed by atoms with E-state index in [2.05, 4.69) is 11.8 Å². The molecular weight excluding hydrogens is 432 g/mol. The maximum atomic E-state index is 12.6. The van der Waals surface area contributed by atoms with Crippen molar-refractivity contribution in [3.63, 3.8) is 0 Å². The maximum absolute atomic E-state index is 12.6. The van der Waals surface area contributed by atoms with Crippen molar-refractivity contribution < 1.29 is 14.6 Å². The minimum Gasteiger partial charge on any atom is -0.489 e. The Balaban J connectivity index is 1.40. The van der Waals surface area contributed by atoms with Crippen molar-refractivity contribution in [2.45, 2.75) is 31.5 Å². The first-order valence-electron chi connectivity index (χ1n) is 11.8. The minimum absolute atomic E-state index is 0.196.